The fraction of sp³-hybridized carbons (Fsp3) is 0.139. The zero-order chi connectivity index (χ0) is 33.8. The number of carbonyl (C=O) groups is 1. The number of hydroxylamine groups is 1. The number of carbonyl (C=O) groups excluding carboxylic acids is 1. The maximum absolute atomic E-state index is 15.0. The number of fused-ring (bicyclic) bond motifs is 1. The van der Waals surface area contributed by atoms with Crippen molar-refractivity contribution in [2.24, 2.45) is 0 Å². The Balaban J connectivity index is 1.65. The smallest absolute Gasteiger partial charge is 0.313 e. The largest absolute Gasteiger partial charge is 0.343 e. The summed E-state index contributed by atoms with van der Waals surface area (Å²) in [7, 11) is 3.12. The van der Waals surface area contributed by atoms with Crippen LogP contribution in [0.25, 0.3) is 26.3 Å². The molecule has 0 radical (unpaired) electrons. The summed E-state index contributed by atoms with van der Waals surface area (Å²) in [4.78, 5) is 46.5. The van der Waals surface area contributed by atoms with Crippen LogP contribution in [0.3, 0.4) is 0 Å². The Kier molecular flexibility index (Phi) is 9.57. The Hall–Kier alpha value is -5.43. The van der Waals surface area contributed by atoms with Gasteiger partial charge in [0, 0.05) is 27.7 Å². The number of hydrogen-bond acceptors (Lipinski definition) is 6. The molecule has 1 atom stereocenters. The number of para-hydroxylation sites is 1. The van der Waals surface area contributed by atoms with E-state index in [2.05, 4.69) is 21.0 Å². The fourth-order valence-electron chi connectivity index (χ4n) is 5.72. The van der Waals surface area contributed by atoms with Crippen LogP contribution in [0.5, 0.6) is 0 Å². The Morgan fingerprint density at radius 1 is 0.875 bits per heavy atom. The summed E-state index contributed by atoms with van der Waals surface area (Å²) in [5.41, 5.74) is 3.79. The number of thiophene rings is 1. The molecule has 6 aromatic rings. The standard InChI is InChI=1S/C36H31F2N5O4S/c1-39-29(20-22-10-5-3-6-11-22)30-31-33(44)43(25-12-7-4-8-13-25)36(46)42(21-26-27(37)14-9-15-28(26)38)34(31)48-32(30)23-16-18-24(19-17-23)40-35(45)41-47-2/h3-19,29,39H,20-21H2,1-2H3,(H2,40,41,45). The minimum atomic E-state index is -0.803. The number of anilines is 1. The van der Waals surface area contributed by atoms with E-state index in [1.165, 1.54) is 29.1 Å². The number of aromatic nitrogens is 2. The van der Waals surface area contributed by atoms with E-state index >= 15 is 8.78 Å². The first kappa shape index (κ1) is 32.5. The molecular weight excluding hydrogens is 636 g/mol. The predicted octanol–water partition coefficient (Wildman–Crippen LogP) is 6.39. The number of hydrogen-bond donors (Lipinski definition) is 3. The molecule has 0 saturated carbocycles. The van der Waals surface area contributed by atoms with Crippen molar-refractivity contribution < 1.29 is 18.4 Å². The lowest BCUT2D eigenvalue weighted by Gasteiger charge is -2.19. The molecule has 0 saturated heterocycles. The zero-order valence-electron chi connectivity index (χ0n) is 26.0. The summed E-state index contributed by atoms with van der Waals surface area (Å²) >= 11 is 1.19. The highest BCUT2D eigenvalue weighted by Crippen LogP contribution is 2.42. The summed E-state index contributed by atoms with van der Waals surface area (Å²) in [6, 6.07) is 27.8. The molecular formula is C36H31F2N5O4S. The molecule has 0 aliphatic carbocycles. The maximum Gasteiger partial charge on any atom is 0.343 e. The number of nitrogens with one attached hydrogen (secondary N) is 3. The number of rotatable bonds is 10. The topological polar surface area (TPSA) is 106 Å². The summed E-state index contributed by atoms with van der Waals surface area (Å²) in [5.74, 6) is -1.61. The molecule has 3 N–H and O–H groups in total. The Bertz CT molecular complexity index is 2180. The van der Waals surface area contributed by atoms with Gasteiger partial charge >= 0.3 is 11.7 Å². The van der Waals surface area contributed by atoms with Gasteiger partial charge in [-0.3, -0.25) is 14.2 Å². The minimum Gasteiger partial charge on any atom is -0.313 e. The highest BCUT2D eigenvalue weighted by atomic mass is 32.1. The third-order valence-corrected chi connectivity index (χ3v) is 9.26. The average Bonchev–Trinajstić information content (AvgIpc) is 3.49. The zero-order valence-corrected chi connectivity index (χ0v) is 26.8. The van der Waals surface area contributed by atoms with Crippen LogP contribution >= 0.6 is 11.3 Å². The molecule has 2 aromatic heterocycles. The van der Waals surface area contributed by atoms with E-state index in [1.807, 2.05) is 30.3 Å². The van der Waals surface area contributed by atoms with Gasteiger partial charge in [0.2, 0.25) is 0 Å². The fourth-order valence-corrected chi connectivity index (χ4v) is 7.07. The monoisotopic (exact) mass is 667 g/mol. The molecule has 0 aliphatic heterocycles. The van der Waals surface area contributed by atoms with Gasteiger partial charge in [0.15, 0.2) is 0 Å². The van der Waals surface area contributed by atoms with Crippen LogP contribution in [0.2, 0.25) is 0 Å². The predicted molar refractivity (Wildman–Crippen MR) is 184 cm³/mol. The van der Waals surface area contributed by atoms with Gasteiger partial charge < -0.3 is 10.6 Å². The lowest BCUT2D eigenvalue weighted by Crippen LogP contribution is -2.39. The van der Waals surface area contributed by atoms with Crippen molar-refractivity contribution in [2.75, 3.05) is 19.5 Å². The molecule has 0 aliphatic rings. The molecule has 0 fully saturated rings. The number of benzene rings is 4. The van der Waals surface area contributed by atoms with E-state index in [1.54, 1.807) is 61.6 Å². The first-order chi connectivity index (χ1) is 23.3. The highest BCUT2D eigenvalue weighted by molar-refractivity contribution is 7.22. The second kappa shape index (κ2) is 14.1. The van der Waals surface area contributed by atoms with Crippen LogP contribution < -0.4 is 27.4 Å². The Labute approximate surface area is 278 Å². The van der Waals surface area contributed by atoms with Gasteiger partial charge in [-0.1, -0.05) is 66.7 Å². The number of halogens is 2. The second-order valence-electron chi connectivity index (χ2n) is 10.9. The third-order valence-electron chi connectivity index (χ3n) is 7.98. The van der Waals surface area contributed by atoms with Crippen molar-refractivity contribution in [3.8, 4) is 16.1 Å². The van der Waals surface area contributed by atoms with E-state index in [0.717, 1.165) is 22.3 Å². The molecule has 2 amide bonds. The van der Waals surface area contributed by atoms with E-state index < -0.39 is 41.5 Å². The summed E-state index contributed by atoms with van der Waals surface area (Å²) in [6.07, 6.45) is 0.499. The van der Waals surface area contributed by atoms with Crippen LogP contribution in [-0.4, -0.2) is 29.3 Å². The number of urea groups is 1. The number of nitrogens with zero attached hydrogens (tertiary/aromatic N) is 2. The van der Waals surface area contributed by atoms with Gasteiger partial charge in [0.1, 0.15) is 16.5 Å². The molecule has 48 heavy (non-hydrogen) atoms. The van der Waals surface area contributed by atoms with Crippen LogP contribution in [0.1, 0.15) is 22.7 Å². The normalized spacial score (nSPS) is 11.8. The molecule has 4 aromatic carbocycles. The van der Waals surface area contributed by atoms with Crippen molar-refractivity contribution in [2.45, 2.75) is 19.0 Å². The molecule has 244 valence electrons. The van der Waals surface area contributed by atoms with Gasteiger partial charge in [-0.05, 0) is 61.0 Å². The summed E-state index contributed by atoms with van der Waals surface area (Å²) in [5, 5.41) is 6.29. The van der Waals surface area contributed by atoms with Crippen LogP contribution in [0.15, 0.2) is 113 Å². The van der Waals surface area contributed by atoms with E-state index in [0.29, 0.717) is 33.8 Å². The van der Waals surface area contributed by atoms with E-state index in [9.17, 15) is 14.4 Å². The van der Waals surface area contributed by atoms with Crippen molar-refractivity contribution in [3.63, 3.8) is 0 Å². The lowest BCUT2D eigenvalue weighted by molar-refractivity contribution is 0.114. The highest BCUT2D eigenvalue weighted by Gasteiger charge is 2.28. The summed E-state index contributed by atoms with van der Waals surface area (Å²) < 4.78 is 32.4. The first-order valence-corrected chi connectivity index (χ1v) is 15.8. The average molecular weight is 668 g/mol. The molecule has 1 unspecified atom stereocenters. The van der Waals surface area contributed by atoms with Gasteiger partial charge in [0.25, 0.3) is 5.56 Å². The van der Waals surface area contributed by atoms with E-state index in [4.69, 9.17) is 0 Å². The van der Waals surface area contributed by atoms with Crippen LogP contribution in [0, 0.1) is 11.6 Å². The second-order valence-corrected chi connectivity index (χ2v) is 11.9. The van der Waals surface area contributed by atoms with Crippen molar-refractivity contribution in [1.82, 2.24) is 19.9 Å². The van der Waals surface area contributed by atoms with Crippen molar-refractivity contribution in [3.05, 3.63) is 152 Å². The minimum absolute atomic E-state index is 0.257. The molecule has 12 heteroatoms. The van der Waals surface area contributed by atoms with Crippen molar-refractivity contribution >= 4 is 33.3 Å². The quantitative estimate of drug-likeness (QED) is 0.147. The molecule has 0 bridgehead atoms. The number of amides is 2. The SMILES string of the molecule is CNC(Cc1ccccc1)c1c(-c2ccc(NC(=O)NOC)cc2)sc2c1c(=O)n(-c1ccccc1)c(=O)n2Cc1c(F)cccc1F. The van der Waals surface area contributed by atoms with Gasteiger partial charge in [0.05, 0.1) is 24.7 Å². The Morgan fingerprint density at radius 2 is 1.52 bits per heavy atom. The van der Waals surface area contributed by atoms with Gasteiger partial charge in [-0.2, -0.15) is 0 Å². The lowest BCUT2D eigenvalue weighted by atomic mass is 9.95. The number of likely N-dealkylation sites (N-methyl/N-ethyl adjacent to an activating group) is 1. The van der Waals surface area contributed by atoms with Crippen molar-refractivity contribution in [1.29, 1.82) is 0 Å². The van der Waals surface area contributed by atoms with Gasteiger partial charge in [-0.25, -0.2) is 28.4 Å². The molecule has 9 nitrogen and oxygen atoms in total. The van der Waals surface area contributed by atoms with E-state index in [-0.39, 0.29) is 15.8 Å². The van der Waals surface area contributed by atoms with Crippen LogP contribution in [-0.2, 0) is 17.8 Å². The molecule has 0 spiro atoms. The maximum atomic E-state index is 15.0. The summed E-state index contributed by atoms with van der Waals surface area (Å²) in [6.45, 7) is -0.444. The first-order valence-electron chi connectivity index (χ1n) is 15.0. The molecule has 6 rings (SSSR count). The Morgan fingerprint density at radius 3 is 2.15 bits per heavy atom. The molecule has 2 heterocycles. The van der Waals surface area contributed by atoms with Crippen LogP contribution in [0.4, 0.5) is 19.3 Å². The third kappa shape index (κ3) is 6.41. The van der Waals surface area contributed by atoms with Gasteiger partial charge in [-0.15, -0.1) is 11.3 Å².